The Morgan fingerprint density at radius 3 is 3.13 bits per heavy atom. The van der Waals surface area contributed by atoms with Crippen molar-refractivity contribution in [3.05, 3.63) is 12.7 Å². The fraction of sp³-hybridized carbons (Fsp3) is 0.727. The number of piperidine rings is 1. The molecular weight excluding hydrogens is 258 g/mol. The Morgan fingerprint density at radius 2 is 2.40 bits per heavy atom. The number of carbonyl (C=O) groups is 1. The van der Waals surface area contributed by atoms with Crippen molar-refractivity contribution in [2.24, 2.45) is 0 Å². The van der Waals surface area contributed by atoms with Crippen molar-refractivity contribution in [1.82, 2.24) is 4.90 Å². The van der Waals surface area contributed by atoms with E-state index >= 15 is 0 Å². The molecule has 0 spiro atoms. The molecule has 0 saturated carbocycles. The van der Waals surface area contributed by atoms with Gasteiger partial charge in [-0.15, -0.1) is 6.58 Å². The van der Waals surface area contributed by atoms with E-state index < -0.39 is 0 Å². The predicted molar refractivity (Wildman–Crippen MR) is 64.2 cm³/mol. The maximum Gasteiger partial charge on any atom is 0.236 e. The van der Waals surface area contributed by atoms with Crippen LogP contribution in [0.3, 0.4) is 0 Å². The Kier molecular flexibility index (Phi) is 5.95. The number of hydrogen-bond acceptors (Lipinski definition) is 2. The molecule has 86 valence electrons. The minimum atomic E-state index is 0.0134. The van der Waals surface area contributed by atoms with Gasteiger partial charge in [0.2, 0.25) is 5.91 Å². The first kappa shape index (κ1) is 12.7. The first-order chi connectivity index (χ1) is 7.25. The molecule has 1 amide bonds. The van der Waals surface area contributed by atoms with Gasteiger partial charge in [-0.2, -0.15) is 0 Å². The topological polar surface area (TPSA) is 29.5 Å². The second-order valence-corrected chi connectivity index (χ2v) is 4.73. The molecule has 3 nitrogen and oxygen atoms in total. The lowest BCUT2D eigenvalue weighted by Crippen LogP contribution is -2.43. The molecule has 0 N–H and O–H groups in total. The van der Waals surface area contributed by atoms with E-state index in [0.29, 0.717) is 19.8 Å². The standard InChI is InChI=1S/C11H18BrNO2/c1-2-3-8-15-9-7-13-6-4-5-10(12)11(13)14/h2,10H,1,3-9H2. The van der Waals surface area contributed by atoms with E-state index in [4.69, 9.17) is 4.74 Å². The number of nitrogens with zero attached hydrogens (tertiary/aromatic N) is 1. The van der Waals surface area contributed by atoms with Gasteiger partial charge >= 0.3 is 0 Å². The fourth-order valence-electron chi connectivity index (χ4n) is 1.56. The zero-order valence-electron chi connectivity index (χ0n) is 8.95. The van der Waals surface area contributed by atoms with Gasteiger partial charge in [0.05, 0.1) is 18.0 Å². The van der Waals surface area contributed by atoms with Crippen LogP contribution < -0.4 is 0 Å². The number of ether oxygens (including phenoxy) is 1. The molecule has 0 bridgehead atoms. The van der Waals surface area contributed by atoms with Crippen LogP contribution in [0.25, 0.3) is 0 Å². The maximum atomic E-state index is 11.7. The lowest BCUT2D eigenvalue weighted by molar-refractivity contribution is -0.133. The molecule has 0 aromatic carbocycles. The van der Waals surface area contributed by atoms with Crippen LogP contribution in [0.4, 0.5) is 0 Å². The van der Waals surface area contributed by atoms with Crippen LogP contribution in [-0.2, 0) is 9.53 Å². The molecular formula is C11H18BrNO2. The Bertz CT molecular complexity index is 221. The lowest BCUT2D eigenvalue weighted by atomic mass is 10.1. The van der Waals surface area contributed by atoms with Crippen LogP contribution in [0, 0.1) is 0 Å². The maximum absolute atomic E-state index is 11.7. The zero-order valence-corrected chi connectivity index (χ0v) is 10.5. The summed E-state index contributed by atoms with van der Waals surface area (Å²) in [6.07, 6.45) is 4.73. The van der Waals surface area contributed by atoms with Crippen molar-refractivity contribution in [3.63, 3.8) is 0 Å². The third-order valence-electron chi connectivity index (χ3n) is 2.44. The molecule has 1 unspecified atom stereocenters. The van der Waals surface area contributed by atoms with E-state index in [0.717, 1.165) is 25.8 Å². The van der Waals surface area contributed by atoms with Crippen molar-refractivity contribution in [3.8, 4) is 0 Å². The van der Waals surface area contributed by atoms with Gasteiger partial charge in [-0.25, -0.2) is 0 Å². The molecule has 4 heteroatoms. The smallest absolute Gasteiger partial charge is 0.236 e. The highest BCUT2D eigenvalue weighted by Gasteiger charge is 2.25. The summed E-state index contributed by atoms with van der Waals surface area (Å²) in [6, 6.07) is 0. The van der Waals surface area contributed by atoms with Crippen LogP contribution in [-0.4, -0.2) is 41.9 Å². The lowest BCUT2D eigenvalue weighted by Gasteiger charge is -2.29. The number of carbonyl (C=O) groups excluding carboxylic acids is 1. The van der Waals surface area contributed by atoms with E-state index in [1.54, 1.807) is 0 Å². The van der Waals surface area contributed by atoms with Crippen LogP contribution >= 0.6 is 15.9 Å². The number of likely N-dealkylation sites (tertiary alicyclic amines) is 1. The van der Waals surface area contributed by atoms with Gasteiger partial charge in [0.15, 0.2) is 0 Å². The molecule has 1 rings (SSSR count). The van der Waals surface area contributed by atoms with Crippen molar-refractivity contribution < 1.29 is 9.53 Å². The van der Waals surface area contributed by atoms with Crippen molar-refractivity contribution in [2.75, 3.05) is 26.3 Å². The van der Waals surface area contributed by atoms with E-state index in [-0.39, 0.29) is 10.7 Å². The first-order valence-electron chi connectivity index (χ1n) is 5.37. The van der Waals surface area contributed by atoms with Crippen molar-refractivity contribution in [2.45, 2.75) is 24.1 Å². The third kappa shape index (κ3) is 4.34. The summed E-state index contributed by atoms with van der Waals surface area (Å²) in [5.41, 5.74) is 0. The highest BCUT2D eigenvalue weighted by molar-refractivity contribution is 9.10. The molecule has 1 heterocycles. The molecule has 0 aromatic rings. The fourth-order valence-corrected chi connectivity index (χ4v) is 2.17. The first-order valence-corrected chi connectivity index (χ1v) is 6.28. The highest BCUT2D eigenvalue weighted by atomic mass is 79.9. The Balaban J connectivity index is 2.14. The second-order valence-electron chi connectivity index (χ2n) is 3.62. The summed E-state index contributed by atoms with van der Waals surface area (Å²) < 4.78 is 5.38. The number of hydrogen-bond donors (Lipinski definition) is 0. The number of amides is 1. The minimum absolute atomic E-state index is 0.0134. The molecule has 15 heavy (non-hydrogen) atoms. The van der Waals surface area contributed by atoms with Crippen LogP contribution in [0.2, 0.25) is 0 Å². The second kappa shape index (κ2) is 7.01. The summed E-state index contributed by atoms with van der Waals surface area (Å²) in [5, 5.41) is 0. The van der Waals surface area contributed by atoms with Gasteiger partial charge in [-0.1, -0.05) is 22.0 Å². The summed E-state index contributed by atoms with van der Waals surface area (Å²) in [4.78, 5) is 13.5. The average molecular weight is 276 g/mol. The van der Waals surface area contributed by atoms with Crippen LogP contribution in [0.1, 0.15) is 19.3 Å². The molecule has 1 atom stereocenters. The summed E-state index contributed by atoms with van der Waals surface area (Å²) in [5.74, 6) is 0.202. The molecule has 0 radical (unpaired) electrons. The molecule has 1 aliphatic rings. The third-order valence-corrected chi connectivity index (χ3v) is 3.29. The van der Waals surface area contributed by atoms with Gasteiger partial charge < -0.3 is 9.64 Å². The van der Waals surface area contributed by atoms with Crippen LogP contribution in [0.5, 0.6) is 0 Å². The Hall–Kier alpha value is -0.350. The van der Waals surface area contributed by atoms with E-state index in [9.17, 15) is 4.79 Å². The van der Waals surface area contributed by atoms with Gasteiger partial charge in [-0.3, -0.25) is 4.79 Å². The average Bonchev–Trinajstić information content (AvgIpc) is 2.24. The summed E-state index contributed by atoms with van der Waals surface area (Å²) in [6.45, 7) is 6.51. The number of alkyl halides is 1. The Morgan fingerprint density at radius 1 is 1.60 bits per heavy atom. The highest BCUT2D eigenvalue weighted by Crippen LogP contribution is 2.17. The quantitative estimate of drug-likeness (QED) is 0.421. The molecule has 0 aromatic heterocycles. The van der Waals surface area contributed by atoms with E-state index in [2.05, 4.69) is 22.5 Å². The van der Waals surface area contributed by atoms with Crippen LogP contribution in [0.15, 0.2) is 12.7 Å². The molecule has 0 aliphatic carbocycles. The molecule has 1 aliphatic heterocycles. The normalized spacial score (nSPS) is 21.8. The number of halogens is 1. The summed E-state index contributed by atoms with van der Waals surface area (Å²) >= 11 is 3.38. The van der Waals surface area contributed by atoms with Crippen molar-refractivity contribution in [1.29, 1.82) is 0 Å². The largest absolute Gasteiger partial charge is 0.379 e. The van der Waals surface area contributed by atoms with Gasteiger partial charge in [0.1, 0.15) is 0 Å². The van der Waals surface area contributed by atoms with Gasteiger partial charge in [0.25, 0.3) is 0 Å². The predicted octanol–water partition coefficient (Wildman–Crippen LogP) is 1.97. The SMILES string of the molecule is C=CCCOCCN1CCCC(Br)C1=O. The molecule has 1 saturated heterocycles. The van der Waals surface area contributed by atoms with E-state index in [1.165, 1.54) is 0 Å². The van der Waals surface area contributed by atoms with Crippen molar-refractivity contribution >= 4 is 21.8 Å². The van der Waals surface area contributed by atoms with Gasteiger partial charge in [0, 0.05) is 13.1 Å². The Labute approximate surface area is 99.6 Å². The minimum Gasteiger partial charge on any atom is -0.379 e. The summed E-state index contributed by atoms with van der Waals surface area (Å²) in [7, 11) is 0. The van der Waals surface area contributed by atoms with Gasteiger partial charge in [-0.05, 0) is 19.3 Å². The zero-order chi connectivity index (χ0) is 11.1. The molecule has 1 fully saturated rings. The number of rotatable bonds is 6. The monoisotopic (exact) mass is 275 g/mol. The van der Waals surface area contributed by atoms with E-state index in [1.807, 2.05) is 11.0 Å².